The van der Waals surface area contributed by atoms with E-state index in [9.17, 15) is 13.2 Å². The van der Waals surface area contributed by atoms with E-state index in [0.29, 0.717) is 19.5 Å². The maximum atomic E-state index is 12.5. The lowest BCUT2D eigenvalue weighted by Gasteiger charge is -2.33. The summed E-state index contributed by atoms with van der Waals surface area (Å²) in [6, 6.07) is 3.39. The van der Waals surface area contributed by atoms with E-state index in [1.807, 2.05) is 0 Å². The number of carbonyl (C=O) groups excluding carboxylic acids is 1. The summed E-state index contributed by atoms with van der Waals surface area (Å²) in [6.45, 7) is 2.77. The molecule has 0 bridgehead atoms. The van der Waals surface area contributed by atoms with Gasteiger partial charge in [-0.1, -0.05) is 0 Å². The standard InChI is InChI=1S/C16H24N4O3S/c17-15(21)10-13-4-3-7-19(12-13)16-6-5-14(11-18-16)24(22,23)20-8-1-2-9-20/h5-6,11,13H,1-4,7-10,12H2,(H2,17,21). The van der Waals surface area contributed by atoms with Crippen LogP contribution in [0.3, 0.4) is 0 Å². The van der Waals surface area contributed by atoms with Crippen LogP contribution in [-0.2, 0) is 14.8 Å². The number of hydrogen-bond donors (Lipinski definition) is 1. The van der Waals surface area contributed by atoms with Gasteiger partial charge in [-0.15, -0.1) is 0 Å². The summed E-state index contributed by atoms with van der Waals surface area (Å²) in [4.78, 5) is 17.8. The highest BCUT2D eigenvalue weighted by Gasteiger charge is 2.28. The van der Waals surface area contributed by atoms with Gasteiger partial charge in [0, 0.05) is 38.8 Å². The Bertz CT molecular complexity index is 684. The van der Waals surface area contributed by atoms with Crippen molar-refractivity contribution >= 4 is 21.7 Å². The van der Waals surface area contributed by atoms with Gasteiger partial charge in [-0.25, -0.2) is 13.4 Å². The van der Waals surface area contributed by atoms with Gasteiger partial charge in [0.1, 0.15) is 10.7 Å². The van der Waals surface area contributed by atoms with E-state index >= 15 is 0 Å². The van der Waals surface area contributed by atoms with Crippen LogP contribution in [0, 0.1) is 5.92 Å². The summed E-state index contributed by atoms with van der Waals surface area (Å²) in [6.07, 6.45) is 5.63. The molecule has 1 unspecified atom stereocenters. The van der Waals surface area contributed by atoms with Gasteiger partial charge in [0.15, 0.2) is 0 Å². The fraction of sp³-hybridized carbons (Fsp3) is 0.625. The number of sulfonamides is 1. The van der Waals surface area contributed by atoms with Crippen molar-refractivity contribution in [3.8, 4) is 0 Å². The molecule has 1 atom stereocenters. The first kappa shape index (κ1) is 17.2. The molecule has 1 aromatic heterocycles. The van der Waals surface area contributed by atoms with Gasteiger partial charge in [0.2, 0.25) is 15.9 Å². The van der Waals surface area contributed by atoms with E-state index in [1.54, 1.807) is 12.1 Å². The Morgan fingerprint density at radius 2 is 1.96 bits per heavy atom. The molecule has 0 spiro atoms. The molecule has 7 nitrogen and oxygen atoms in total. The van der Waals surface area contributed by atoms with E-state index in [1.165, 1.54) is 10.5 Å². The van der Waals surface area contributed by atoms with Gasteiger partial charge in [-0.05, 0) is 43.7 Å². The Hall–Kier alpha value is -1.67. The van der Waals surface area contributed by atoms with Gasteiger partial charge >= 0.3 is 0 Å². The largest absolute Gasteiger partial charge is 0.370 e. The van der Waals surface area contributed by atoms with Crippen LogP contribution in [0.4, 0.5) is 5.82 Å². The maximum absolute atomic E-state index is 12.5. The van der Waals surface area contributed by atoms with Crippen molar-refractivity contribution in [3.05, 3.63) is 18.3 Å². The quantitative estimate of drug-likeness (QED) is 0.851. The summed E-state index contributed by atoms with van der Waals surface area (Å²) < 4.78 is 26.6. The molecular weight excluding hydrogens is 328 g/mol. The number of amides is 1. The number of rotatable bonds is 5. The number of carbonyl (C=O) groups is 1. The van der Waals surface area contributed by atoms with Gasteiger partial charge in [0.05, 0.1) is 0 Å². The second-order valence-electron chi connectivity index (χ2n) is 6.59. The van der Waals surface area contributed by atoms with Gasteiger partial charge in [-0.2, -0.15) is 4.31 Å². The van der Waals surface area contributed by atoms with E-state index in [4.69, 9.17) is 5.73 Å². The van der Waals surface area contributed by atoms with Crippen LogP contribution < -0.4 is 10.6 Å². The van der Waals surface area contributed by atoms with Crippen LogP contribution in [0.15, 0.2) is 23.2 Å². The van der Waals surface area contributed by atoms with Crippen molar-refractivity contribution in [2.75, 3.05) is 31.1 Å². The average molecular weight is 352 g/mol. The predicted octanol–water partition coefficient (Wildman–Crippen LogP) is 0.958. The second kappa shape index (κ2) is 7.06. The van der Waals surface area contributed by atoms with Crippen LogP contribution >= 0.6 is 0 Å². The van der Waals surface area contributed by atoms with Crippen LogP contribution in [-0.4, -0.2) is 49.8 Å². The third-order valence-electron chi connectivity index (χ3n) is 4.76. The molecule has 2 aliphatic rings. The molecule has 2 N–H and O–H groups in total. The zero-order valence-electron chi connectivity index (χ0n) is 13.7. The second-order valence-corrected chi connectivity index (χ2v) is 8.53. The highest BCUT2D eigenvalue weighted by atomic mass is 32.2. The van der Waals surface area contributed by atoms with E-state index in [0.717, 1.165) is 44.6 Å². The number of nitrogens with zero attached hydrogens (tertiary/aromatic N) is 3. The van der Waals surface area contributed by atoms with Gasteiger partial charge < -0.3 is 10.6 Å². The van der Waals surface area contributed by atoms with Crippen molar-refractivity contribution in [3.63, 3.8) is 0 Å². The minimum atomic E-state index is -3.42. The zero-order valence-corrected chi connectivity index (χ0v) is 14.5. The zero-order chi connectivity index (χ0) is 17.2. The van der Waals surface area contributed by atoms with E-state index in [-0.39, 0.29) is 16.7 Å². The van der Waals surface area contributed by atoms with E-state index < -0.39 is 10.0 Å². The Morgan fingerprint density at radius 3 is 2.58 bits per heavy atom. The summed E-state index contributed by atoms with van der Waals surface area (Å²) in [5, 5.41) is 0. The fourth-order valence-corrected chi connectivity index (χ4v) is 4.98. The molecule has 3 rings (SSSR count). The molecule has 132 valence electrons. The van der Waals surface area contributed by atoms with Crippen LogP contribution in [0.25, 0.3) is 0 Å². The van der Waals surface area contributed by atoms with Crippen molar-refractivity contribution in [2.45, 2.75) is 37.0 Å². The predicted molar refractivity (Wildman–Crippen MR) is 91.0 cm³/mol. The summed E-state index contributed by atoms with van der Waals surface area (Å²) in [7, 11) is -3.42. The van der Waals surface area contributed by atoms with Crippen molar-refractivity contribution in [1.29, 1.82) is 0 Å². The number of aromatic nitrogens is 1. The molecule has 1 amide bonds. The highest BCUT2D eigenvalue weighted by molar-refractivity contribution is 7.89. The molecule has 0 aromatic carbocycles. The number of nitrogens with two attached hydrogens (primary N) is 1. The Balaban J connectivity index is 1.71. The molecule has 0 aliphatic carbocycles. The number of hydrogen-bond acceptors (Lipinski definition) is 5. The monoisotopic (exact) mass is 352 g/mol. The van der Waals surface area contributed by atoms with Crippen molar-refractivity contribution < 1.29 is 13.2 Å². The molecule has 8 heteroatoms. The minimum Gasteiger partial charge on any atom is -0.370 e. The molecule has 24 heavy (non-hydrogen) atoms. The van der Waals surface area contributed by atoms with Crippen molar-refractivity contribution in [2.24, 2.45) is 11.7 Å². The Morgan fingerprint density at radius 1 is 1.21 bits per heavy atom. The number of primary amides is 1. The summed E-state index contributed by atoms with van der Waals surface area (Å²) in [5.74, 6) is 0.720. The lowest BCUT2D eigenvalue weighted by molar-refractivity contribution is -0.118. The maximum Gasteiger partial charge on any atom is 0.244 e. The summed E-state index contributed by atoms with van der Waals surface area (Å²) in [5.41, 5.74) is 5.29. The minimum absolute atomic E-state index is 0.242. The van der Waals surface area contributed by atoms with E-state index in [2.05, 4.69) is 9.88 Å². The first-order valence-corrected chi connectivity index (χ1v) is 9.90. The molecule has 0 radical (unpaired) electrons. The molecule has 2 saturated heterocycles. The topological polar surface area (TPSA) is 96.6 Å². The molecule has 3 heterocycles. The van der Waals surface area contributed by atoms with Crippen LogP contribution in [0.5, 0.6) is 0 Å². The van der Waals surface area contributed by atoms with Gasteiger partial charge in [0.25, 0.3) is 0 Å². The van der Waals surface area contributed by atoms with Gasteiger partial charge in [-0.3, -0.25) is 4.79 Å². The third-order valence-corrected chi connectivity index (χ3v) is 6.64. The van der Waals surface area contributed by atoms with Crippen molar-refractivity contribution in [1.82, 2.24) is 9.29 Å². The number of piperidine rings is 1. The normalized spacial score (nSPS) is 22.7. The molecule has 1 aromatic rings. The van der Waals surface area contributed by atoms with Crippen LogP contribution in [0.2, 0.25) is 0 Å². The first-order chi connectivity index (χ1) is 11.5. The molecule has 2 aliphatic heterocycles. The van der Waals surface area contributed by atoms with Crippen LogP contribution in [0.1, 0.15) is 32.1 Å². The SMILES string of the molecule is NC(=O)CC1CCCN(c2ccc(S(=O)(=O)N3CCCC3)cn2)C1. The summed E-state index contributed by atoms with van der Waals surface area (Å²) >= 11 is 0. The molecular formula is C16H24N4O3S. The third kappa shape index (κ3) is 3.70. The Labute approximate surface area is 142 Å². The lowest BCUT2D eigenvalue weighted by Crippen LogP contribution is -2.37. The average Bonchev–Trinajstić information content (AvgIpc) is 3.10. The lowest BCUT2D eigenvalue weighted by atomic mass is 9.94. The number of anilines is 1. The Kier molecular flexibility index (Phi) is 5.05. The highest BCUT2D eigenvalue weighted by Crippen LogP contribution is 2.25. The molecule has 2 fully saturated rings. The number of pyridine rings is 1. The first-order valence-electron chi connectivity index (χ1n) is 8.46. The smallest absolute Gasteiger partial charge is 0.244 e. The molecule has 0 saturated carbocycles. The fourth-order valence-electron chi connectivity index (χ4n) is 3.51.